The fourth-order valence-electron chi connectivity index (χ4n) is 4.91. The van der Waals surface area contributed by atoms with Crippen molar-refractivity contribution in [2.45, 2.75) is 83.3 Å². The highest BCUT2D eigenvalue weighted by molar-refractivity contribution is 5.88. The highest BCUT2D eigenvalue weighted by atomic mass is 16.5. The summed E-state index contributed by atoms with van der Waals surface area (Å²) in [4.78, 5) is 9.79. The normalized spacial score (nSPS) is 19.3. The molecule has 0 spiro atoms. The van der Waals surface area contributed by atoms with Gasteiger partial charge in [0, 0.05) is 37.7 Å². The highest BCUT2D eigenvalue weighted by Crippen LogP contribution is 2.31. The van der Waals surface area contributed by atoms with E-state index in [0.717, 1.165) is 55.0 Å². The Kier molecular flexibility index (Phi) is 6.30. The van der Waals surface area contributed by atoms with Gasteiger partial charge in [-0.3, -0.25) is 4.68 Å². The quantitative estimate of drug-likeness (QED) is 0.512. The zero-order chi connectivity index (χ0) is 21.9. The molecule has 1 aliphatic heterocycles. The van der Waals surface area contributed by atoms with Crippen LogP contribution >= 0.6 is 0 Å². The zero-order valence-corrected chi connectivity index (χ0v) is 19.3. The average molecular weight is 438 g/mol. The maximum atomic E-state index is 5.48. The fraction of sp³-hybridized carbons (Fsp3) is 0.625. The molecule has 4 heterocycles. The van der Waals surface area contributed by atoms with E-state index < -0.39 is 0 Å². The predicted molar refractivity (Wildman–Crippen MR) is 128 cm³/mol. The van der Waals surface area contributed by atoms with Crippen LogP contribution in [0.15, 0.2) is 24.7 Å². The van der Waals surface area contributed by atoms with E-state index >= 15 is 0 Å². The summed E-state index contributed by atoms with van der Waals surface area (Å²) in [7, 11) is 0. The van der Waals surface area contributed by atoms with Gasteiger partial charge in [0.2, 0.25) is 5.95 Å². The van der Waals surface area contributed by atoms with Gasteiger partial charge in [-0.25, -0.2) is 4.98 Å². The van der Waals surface area contributed by atoms with Crippen molar-refractivity contribution < 1.29 is 4.74 Å². The summed E-state index contributed by atoms with van der Waals surface area (Å²) >= 11 is 0. The minimum Gasteiger partial charge on any atom is -0.381 e. The number of hydrogen-bond donors (Lipinski definition) is 2. The molecule has 0 amide bonds. The van der Waals surface area contributed by atoms with Crippen LogP contribution in [0.4, 0.5) is 17.5 Å². The molecular weight excluding hydrogens is 402 g/mol. The monoisotopic (exact) mass is 437 g/mol. The van der Waals surface area contributed by atoms with E-state index in [9.17, 15) is 0 Å². The number of hydrogen-bond acceptors (Lipinski definition) is 6. The lowest BCUT2D eigenvalue weighted by Crippen LogP contribution is -2.23. The molecule has 2 fully saturated rings. The second kappa shape index (κ2) is 9.48. The highest BCUT2D eigenvalue weighted by Gasteiger charge is 2.20. The molecule has 32 heavy (non-hydrogen) atoms. The van der Waals surface area contributed by atoms with Gasteiger partial charge >= 0.3 is 0 Å². The molecule has 0 aromatic carbocycles. The van der Waals surface area contributed by atoms with Crippen molar-refractivity contribution in [3.8, 4) is 0 Å². The van der Waals surface area contributed by atoms with Gasteiger partial charge in [0.25, 0.3) is 0 Å². The lowest BCUT2D eigenvalue weighted by molar-refractivity contribution is 0.0662. The molecule has 1 saturated heterocycles. The molecule has 8 nitrogen and oxygen atoms in total. The van der Waals surface area contributed by atoms with Crippen LogP contribution in [-0.2, 0) is 4.74 Å². The molecule has 1 atom stereocenters. The minimum absolute atomic E-state index is 0.399. The lowest BCUT2D eigenvalue weighted by Gasteiger charge is -2.25. The lowest BCUT2D eigenvalue weighted by atomic mass is 9.95. The third-order valence-corrected chi connectivity index (χ3v) is 7.00. The molecule has 3 aromatic heterocycles. The van der Waals surface area contributed by atoms with E-state index in [-0.39, 0.29) is 0 Å². The number of nitrogens with zero attached hydrogens (tertiary/aromatic N) is 5. The van der Waals surface area contributed by atoms with Crippen LogP contribution in [0.3, 0.4) is 0 Å². The van der Waals surface area contributed by atoms with Crippen LogP contribution in [0.25, 0.3) is 11.0 Å². The van der Waals surface area contributed by atoms with Gasteiger partial charge < -0.3 is 19.9 Å². The van der Waals surface area contributed by atoms with Crippen molar-refractivity contribution in [3.05, 3.63) is 24.7 Å². The Morgan fingerprint density at radius 3 is 2.72 bits per heavy atom. The van der Waals surface area contributed by atoms with Gasteiger partial charge in [-0.1, -0.05) is 26.2 Å². The molecule has 2 aliphatic rings. The second-order valence-corrected chi connectivity index (χ2v) is 9.27. The standard InChI is InChI=1S/C24H35N7O/c1-3-17(2)30-12-9-21-22(30)23(26-18-7-5-4-6-8-18)29-24(28-21)27-19-15-25-31(16-19)20-10-13-32-14-11-20/h9,12,15-18,20H,3-8,10-11,13-14H2,1-2H3,(H2,26,27,28,29). The summed E-state index contributed by atoms with van der Waals surface area (Å²) in [6, 6.07) is 3.38. The van der Waals surface area contributed by atoms with Crippen molar-refractivity contribution in [3.63, 3.8) is 0 Å². The maximum absolute atomic E-state index is 5.48. The van der Waals surface area contributed by atoms with Gasteiger partial charge in [0.15, 0.2) is 5.82 Å². The molecule has 0 radical (unpaired) electrons. The van der Waals surface area contributed by atoms with Crippen molar-refractivity contribution in [2.24, 2.45) is 0 Å². The van der Waals surface area contributed by atoms with E-state index in [4.69, 9.17) is 14.7 Å². The van der Waals surface area contributed by atoms with E-state index in [1.807, 2.05) is 10.9 Å². The Balaban J connectivity index is 1.43. The number of nitrogens with one attached hydrogen (secondary N) is 2. The molecule has 5 rings (SSSR count). The van der Waals surface area contributed by atoms with Crippen LogP contribution in [0.1, 0.15) is 77.3 Å². The number of anilines is 3. The summed E-state index contributed by atoms with van der Waals surface area (Å²) in [5.74, 6) is 1.55. The van der Waals surface area contributed by atoms with Crippen LogP contribution in [0.5, 0.6) is 0 Å². The molecule has 2 N–H and O–H groups in total. The van der Waals surface area contributed by atoms with Crippen molar-refractivity contribution in [1.82, 2.24) is 24.3 Å². The van der Waals surface area contributed by atoms with E-state index in [1.165, 1.54) is 32.1 Å². The topological polar surface area (TPSA) is 81.8 Å². The van der Waals surface area contributed by atoms with E-state index in [0.29, 0.717) is 24.1 Å². The SMILES string of the molecule is CCC(C)n1ccc2nc(Nc3cnn(C4CCOCC4)c3)nc(NC3CCCCC3)c21. The maximum Gasteiger partial charge on any atom is 0.229 e. The molecule has 0 bridgehead atoms. The van der Waals surface area contributed by atoms with Gasteiger partial charge in [-0.05, 0) is 45.1 Å². The van der Waals surface area contributed by atoms with Gasteiger partial charge in [-0.15, -0.1) is 0 Å². The van der Waals surface area contributed by atoms with Crippen molar-refractivity contribution >= 4 is 28.5 Å². The molecule has 1 aliphatic carbocycles. The summed E-state index contributed by atoms with van der Waals surface area (Å²) in [5.41, 5.74) is 2.99. The Hall–Kier alpha value is -2.61. The first-order valence-electron chi connectivity index (χ1n) is 12.3. The molecule has 3 aromatic rings. The summed E-state index contributed by atoms with van der Waals surface area (Å²) in [6.07, 6.45) is 15.5. The first kappa shape index (κ1) is 21.2. The predicted octanol–water partition coefficient (Wildman–Crippen LogP) is 5.44. The molecule has 8 heteroatoms. The molecule has 1 saturated carbocycles. The third kappa shape index (κ3) is 4.46. The Morgan fingerprint density at radius 2 is 1.94 bits per heavy atom. The molecule has 1 unspecified atom stereocenters. The number of rotatable bonds is 7. The first-order valence-corrected chi connectivity index (χ1v) is 12.3. The van der Waals surface area contributed by atoms with Crippen molar-refractivity contribution in [2.75, 3.05) is 23.8 Å². The smallest absolute Gasteiger partial charge is 0.229 e. The Labute approximate surface area is 189 Å². The zero-order valence-electron chi connectivity index (χ0n) is 19.3. The molecule has 172 valence electrons. The Bertz CT molecular complexity index is 1030. The number of fused-ring (bicyclic) bond motifs is 1. The largest absolute Gasteiger partial charge is 0.381 e. The van der Waals surface area contributed by atoms with Crippen molar-refractivity contribution in [1.29, 1.82) is 0 Å². The van der Waals surface area contributed by atoms with E-state index in [1.54, 1.807) is 0 Å². The third-order valence-electron chi connectivity index (χ3n) is 7.00. The van der Waals surface area contributed by atoms with Gasteiger partial charge in [0.05, 0.1) is 23.4 Å². The van der Waals surface area contributed by atoms with E-state index in [2.05, 4.69) is 52.6 Å². The molecular formula is C24H35N7O. The van der Waals surface area contributed by atoms with Crippen LogP contribution in [0, 0.1) is 0 Å². The summed E-state index contributed by atoms with van der Waals surface area (Å²) in [6.45, 7) is 6.07. The summed E-state index contributed by atoms with van der Waals surface area (Å²) < 4.78 is 9.84. The van der Waals surface area contributed by atoms with Crippen LogP contribution in [0.2, 0.25) is 0 Å². The van der Waals surface area contributed by atoms with Crippen LogP contribution < -0.4 is 10.6 Å². The van der Waals surface area contributed by atoms with Crippen LogP contribution in [-0.4, -0.2) is 43.6 Å². The number of aromatic nitrogens is 5. The first-order chi connectivity index (χ1) is 15.7. The second-order valence-electron chi connectivity index (χ2n) is 9.27. The van der Waals surface area contributed by atoms with Gasteiger partial charge in [0.1, 0.15) is 5.52 Å². The fourth-order valence-corrected chi connectivity index (χ4v) is 4.91. The Morgan fingerprint density at radius 1 is 1.12 bits per heavy atom. The van der Waals surface area contributed by atoms with Gasteiger partial charge in [-0.2, -0.15) is 10.1 Å². The minimum atomic E-state index is 0.399. The summed E-state index contributed by atoms with van der Waals surface area (Å²) in [5, 5.41) is 11.7. The number of ether oxygens (including phenoxy) is 1. The average Bonchev–Trinajstić information content (AvgIpc) is 3.47.